The van der Waals surface area contributed by atoms with Crippen molar-refractivity contribution in [1.82, 2.24) is 20.4 Å². The molecule has 346 valence electrons. The number of nitrogens with one attached hydrogen (secondary N) is 3. The van der Waals surface area contributed by atoms with Crippen LogP contribution in [-0.4, -0.2) is 104 Å². The Morgan fingerprint density at radius 3 is 2.03 bits per heavy atom. The van der Waals surface area contributed by atoms with Crippen LogP contribution in [0.5, 0.6) is 0 Å². The zero-order valence-corrected chi connectivity index (χ0v) is 38.9. The zero-order chi connectivity index (χ0) is 45.3. The number of carbonyl (C=O) groups is 5. The maximum Gasteiger partial charge on any atom is 0.407 e. The third-order valence-electron chi connectivity index (χ3n) is 12.0. The number of halogens is 1. The van der Waals surface area contributed by atoms with Crippen LogP contribution in [0.4, 0.5) is 10.5 Å². The van der Waals surface area contributed by atoms with E-state index < -0.39 is 48.3 Å². The fraction of sp³-hybridized carbons (Fsp3) is 0.521. The molecule has 0 spiro atoms. The van der Waals surface area contributed by atoms with Crippen LogP contribution in [0.2, 0.25) is 0 Å². The molecular weight excluding hydrogens is 824 g/mol. The number of anilines is 1. The third-order valence-corrected chi connectivity index (χ3v) is 12.0. The number of hydrogen-bond acceptors (Lipinski definition) is 9. The van der Waals surface area contributed by atoms with E-state index in [1.807, 2.05) is 88.4 Å². The molecule has 0 aromatic heterocycles. The number of nitrogens with zero attached hydrogens (tertiary/aromatic N) is 2. The number of alkyl carbamates (subject to hydrolysis) is 1. The minimum absolute atomic E-state index is 0. The smallest absolute Gasteiger partial charge is 0.407 e. The Labute approximate surface area is 379 Å². The van der Waals surface area contributed by atoms with E-state index in [-0.39, 0.29) is 74.0 Å². The van der Waals surface area contributed by atoms with Crippen molar-refractivity contribution >= 4 is 47.8 Å². The van der Waals surface area contributed by atoms with E-state index >= 15 is 0 Å². The van der Waals surface area contributed by atoms with Gasteiger partial charge < -0.3 is 45.7 Å². The van der Waals surface area contributed by atoms with Crippen molar-refractivity contribution in [2.45, 2.75) is 116 Å². The Morgan fingerprint density at radius 1 is 0.841 bits per heavy atom. The second-order valence-corrected chi connectivity index (χ2v) is 16.7. The first-order valence-electron chi connectivity index (χ1n) is 21.7. The van der Waals surface area contributed by atoms with Crippen molar-refractivity contribution in [3.8, 4) is 0 Å². The molecule has 63 heavy (non-hydrogen) atoms. The number of likely N-dealkylation sites (tertiary alicyclic amines) is 1. The minimum Gasteiger partial charge on any atom is -0.445 e. The van der Waals surface area contributed by atoms with Crippen LogP contribution in [0.25, 0.3) is 0 Å². The molecule has 1 aliphatic heterocycles. The van der Waals surface area contributed by atoms with Gasteiger partial charge in [-0.1, -0.05) is 114 Å². The summed E-state index contributed by atoms with van der Waals surface area (Å²) in [6, 6.07) is 23.5. The summed E-state index contributed by atoms with van der Waals surface area (Å²) in [6.45, 7) is 10.5. The first-order valence-corrected chi connectivity index (χ1v) is 21.7. The predicted molar refractivity (Wildman–Crippen MR) is 247 cm³/mol. The van der Waals surface area contributed by atoms with Gasteiger partial charge in [-0.25, -0.2) is 4.79 Å². The standard InChI is InChI=1S/C48H68N6O8.ClH/c1-9-32(4)43(53(6)47(58)42(49)31(2)3)40(60-7)28-41(55)54-26-16-21-39(54)44(61-8)33(5)45(56)52-38(27-34-17-12-10-13-18-34)46(57)51-37-24-22-35(23-25-37)29-50-48(59)62-30-36-19-14-11-15-20-36;/h10-15,17-20,22-25,31-33,38-40,42-44H,9,16,21,26-30,49H2,1-8H3,(H,50,59)(H,51,57)(H,52,56);1H/t32-,33+,38-,39-,40+,42-,43-,44+;/m0./s1. The number of nitrogens with two attached hydrogens (primary N) is 1. The lowest BCUT2D eigenvalue weighted by Crippen LogP contribution is -2.56. The van der Waals surface area contributed by atoms with Crippen LogP contribution in [0, 0.1) is 17.8 Å². The number of amides is 5. The average molecular weight is 894 g/mol. The molecule has 3 aromatic carbocycles. The molecule has 1 saturated heterocycles. The zero-order valence-electron chi connectivity index (χ0n) is 38.1. The molecule has 1 heterocycles. The maximum atomic E-state index is 14.2. The highest BCUT2D eigenvalue weighted by Crippen LogP contribution is 2.30. The van der Waals surface area contributed by atoms with Gasteiger partial charge in [0.15, 0.2) is 0 Å². The van der Waals surface area contributed by atoms with Crippen LogP contribution < -0.4 is 21.7 Å². The van der Waals surface area contributed by atoms with Crippen molar-refractivity contribution in [2.24, 2.45) is 23.5 Å². The molecule has 0 bridgehead atoms. The molecule has 0 aliphatic carbocycles. The van der Waals surface area contributed by atoms with Gasteiger partial charge in [-0.3, -0.25) is 19.2 Å². The van der Waals surface area contributed by atoms with Gasteiger partial charge in [-0.05, 0) is 53.5 Å². The Bertz CT molecular complexity index is 1890. The summed E-state index contributed by atoms with van der Waals surface area (Å²) in [5.74, 6) is -1.90. The minimum atomic E-state index is -0.935. The van der Waals surface area contributed by atoms with Gasteiger partial charge in [0.2, 0.25) is 23.6 Å². The number of methoxy groups -OCH3 is 2. The molecule has 1 aliphatic rings. The van der Waals surface area contributed by atoms with Crippen LogP contribution in [-0.2, 0) is 53.0 Å². The lowest BCUT2D eigenvalue weighted by Gasteiger charge is -2.40. The molecule has 4 rings (SSSR count). The van der Waals surface area contributed by atoms with Crippen LogP contribution in [0.15, 0.2) is 84.9 Å². The maximum absolute atomic E-state index is 14.2. The van der Waals surface area contributed by atoms with E-state index in [0.717, 1.165) is 29.5 Å². The molecule has 15 heteroatoms. The molecule has 5 N–H and O–H groups in total. The van der Waals surface area contributed by atoms with Crippen molar-refractivity contribution in [3.05, 3.63) is 102 Å². The molecule has 14 nitrogen and oxygen atoms in total. The van der Waals surface area contributed by atoms with Gasteiger partial charge in [0, 0.05) is 46.5 Å². The number of ether oxygens (including phenoxy) is 3. The lowest BCUT2D eigenvalue weighted by molar-refractivity contribution is -0.146. The Balaban J connectivity index is 0.0000106. The van der Waals surface area contributed by atoms with Crippen molar-refractivity contribution < 1.29 is 38.2 Å². The highest BCUT2D eigenvalue weighted by molar-refractivity contribution is 5.97. The van der Waals surface area contributed by atoms with Crippen LogP contribution >= 0.6 is 12.4 Å². The van der Waals surface area contributed by atoms with E-state index in [4.69, 9.17) is 19.9 Å². The number of rotatable bonds is 22. The van der Waals surface area contributed by atoms with Gasteiger partial charge >= 0.3 is 6.09 Å². The molecule has 3 aromatic rings. The van der Waals surface area contributed by atoms with Crippen LogP contribution in [0.1, 0.15) is 77.0 Å². The highest BCUT2D eigenvalue weighted by Gasteiger charge is 2.43. The summed E-state index contributed by atoms with van der Waals surface area (Å²) in [7, 11) is 4.82. The highest BCUT2D eigenvalue weighted by atomic mass is 35.5. The molecular formula is C48H69ClN6O8. The number of benzene rings is 3. The number of likely N-dealkylation sites (N-methyl/N-ethyl adjacent to an activating group) is 1. The number of hydrogen-bond donors (Lipinski definition) is 4. The molecule has 0 radical (unpaired) electrons. The van der Waals surface area contributed by atoms with Gasteiger partial charge in [-0.15, -0.1) is 12.4 Å². The normalized spacial score (nSPS) is 16.9. The van der Waals surface area contributed by atoms with Crippen molar-refractivity contribution in [3.63, 3.8) is 0 Å². The molecule has 1 fully saturated rings. The van der Waals surface area contributed by atoms with E-state index in [0.29, 0.717) is 18.7 Å². The summed E-state index contributed by atoms with van der Waals surface area (Å²) < 4.78 is 17.2. The summed E-state index contributed by atoms with van der Waals surface area (Å²) >= 11 is 0. The van der Waals surface area contributed by atoms with Gasteiger partial charge in [0.1, 0.15) is 12.6 Å². The van der Waals surface area contributed by atoms with Gasteiger partial charge in [-0.2, -0.15) is 0 Å². The SMILES string of the molecule is CC[C@H](C)[C@@H]([C@@H](CC(=O)N1CCC[C@H]1[C@H](OC)[C@@H](C)C(=O)N[C@@H](Cc1ccccc1)C(=O)Nc1ccc(CNC(=O)OCc2ccccc2)cc1)OC)N(C)C(=O)[C@@H](N)C(C)C.Cl. The summed E-state index contributed by atoms with van der Waals surface area (Å²) in [6.07, 6.45) is 0.588. The quantitative estimate of drug-likeness (QED) is 0.0927. The molecule has 0 saturated carbocycles. The monoisotopic (exact) mass is 892 g/mol. The topological polar surface area (TPSA) is 182 Å². The fourth-order valence-corrected chi connectivity index (χ4v) is 8.07. The van der Waals surface area contributed by atoms with E-state index in [1.54, 1.807) is 55.1 Å². The first kappa shape index (κ1) is 52.3. The van der Waals surface area contributed by atoms with Crippen LogP contribution in [0.3, 0.4) is 0 Å². The first-order chi connectivity index (χ1) is 29.7. The summed E-state index contributed by atoms with van der Waals surface area (Å²) in [4.78, 5) is 71.3. The van der Waals surface area contributed by atoms with Gasteiger partial charge in [0.05, 0.1) is 42.7 Å². The van der Waals surface area contributed by atoms with E-state index in [1.165, 1.54) is 7.11 Å². The van der Waals surface area contributed by atoms with E-state index in [2.05, 4.69) is 16.0 Å². The third kappa shape index (κ3) is 15.0. The Kier molecular flexibility index (Phi) is 21.5. The van der Waals surface area contributed by atoms with E-state index in [9.17, 15) is 24.0 Å². The largest absolute Gasteiger partial charge is 0.445 e. The molecule has 5 amide bonds. The molecule has 8 atom stereocenters. The van der Waals surface area contributed by atoms with Crippen molar-refractivity contribution in [1.29, 1.82) is 0 Å². The summed E-state index contributed by atoms with van der Waals surface area (Å²) in [5.41, 5.74) is 9.34. The second-order valence-electron chi connectivity index (χ2n) is 16.7. The van der Waals surface area contributed by atoms with Gasteiger partial charge in [0.25, 0.3) is 0 Å². The van der Waals surface area contributed by atoms with Crippen molar-refractivity contribution in [2.75, 3.05) is 33.1 Å². The fourth-order valence-electron chi connectivity index (χ4n) is 8.07. The summed E-state index contributed by atoms with van der Waals surface area (Å²) in [5, 5.41) is 8.66. The Morgan fingerprint density at radius 2 is 1.46 bits per heavy atom. The second kappa shape index (κ2) is 25.9. The predicted octanol–water partition coefficient (Wildman–Crippen LogP) is 6.10. The molecule has 0 unspecified atom stereocenters. The average Bonchev–Trinajstić information content (AvgIpc) is 3.77. The number of carbonyl (C=O) groups excluding carboxylic acids is 5. The Hall–Kier alpha value is -5.02. The lowest BCUT2D eigenvalue weighted by atomic mass is 9.89.